The van der Waals surface area contributed by atoms with Crippen molar-refractivity contribution in [3.05, 3.63) is 11.9 Å². The minimum Gasteiger partial charge on any atom is -0.481 e. The van der Waals surface area contributed by atoms with E-state index in [0.29, 0.717) is 12.1 Å². The Kier molecular flexibility index (Phi) is 5.54. The van der Waals surface area contributed by atoms with Crippen molar-refractivity contribution in [3.63, 3.8) is 0 Å². The molecule has 1 unspecified atom stereocenters. The van der Waals surface area contributed by atoms with Gasteiger partial charge < -0.3 is 15.7 Å². The highest BCUT2D eigenvalue weighted by atomic mass is 16.4. The second-order valence-electron chi connectivity index (χ2n) is 5.06. The smallest absolute Gasteiger partial charge is 0.319 e. The monoisotopic (exact) mass is 282 g/mol. The van der Waals surface area contributed by atoms with Crippen LogP contribution in [-0.4, -0.2) is 32.9 Å². The van der Waals surface area contributed by atoms with Crippen molar-refractivity contribution in [2.24, 2.45) is 13.0 Å². The van der Waals surface area contributed by atoms with Crippen molar-refractivity contribution in [2.75, 3.05) is 5.32 Å². The highest BCUT2D eigenvalue weighted by Crippen LogP contribution is 2.14. The third-order valence-electron chi connectivity index (χ3n) is 3.00. The van der Waals surface area contributed by atoms with E-state index >= 15 is 0 Å². The van der Waals surface area contributed by atoms with E-state index in [9.17, 15) is 9.59 Å². The molecule has 0 fully saturated rings. The molecule has 1 rings (SSSR count). The largest absolute Gasteiger partial charge is 0.481 e. The van der Waals surface area contributed by atoms with Crippen molar-refractivity contribution in [1.82, 2.24) is 15.1 Å². The zero-order valence-corrected chi connectivity index (χ0v) is 12.3. The summed E-state index contributed by atoms with van der Waals surface area (Å²) >= 11 is 0. The summed E-state index contributed by atoms with van der Waals surface area (Å²) < 4.78 is 1.63. The van der Waals surface area contributed by atoms with Crippen LogP contribution in [-0.2, 0) is 18.3 Å². The molecule has 0 bridgehead atoms. The van der Waals surface area contributed by atoms with Crippen LogP contribution in [0.15, 0.2) is 6.20 Å². The maximum Gasteiger partial charge on any atom is 0.319 e. The number of amides is 2. The molecule has 0 radical (unpaired) electrons. The van der Waals surface area contributed by atoms with E-state index in [0.717, 1.165) is 5.69 Å². The van der Waals surface area contributed by atoms with Gasteiger partial charge in [0.05, 0.1) is 17.8 Å². The number of carbonyl (C=O) groups excluding carboxylic acids is 1. The van der Waals surface area contributed by atoms with Crippen LogP contribution in [0, 0.1) is 5.92 Å². The molecule has 7 nitrogen and oxygen atoms in total. The first-order chi connectivity index (χ1) is 9.33. The van der Waals surface area contributed by atoms with Crippen LogP contribution in [0.25, 0.3) is 0 Å². The van der Waals surface area contributed by atoms with E-state index in [2.05, 4.69) is 15.7 Å². The number of urea groups is 1. The van der Waals surface area contributed by atoms with Crippen LogP contribution in [0.4, 0.5) is 10.5 Å². The number of carbonyl (C=O) groups is 2. The first kappa shape index (κ1) is 16.0. The predicted molar refractivity (Wildman–Crippen MR) is 75.6 cm³/mol. The Morgan fingerprint density at radius 1 is 1.45 bits per heavy atom. The summed E-state index contributed by atoms with van der Waals surface area (Å²) in [6.07, 6.45) is 2.33. The lowest BCUT2D eigenvalue weighted by atomic mass is 10.0. The average molecular weight is 282 g/mol. The highest BCUT2D eigenvalue weighted by molar-refractivity contribution is 5.90. The van der Waals surface area contributed by atoms with Crippen LogP contribution < -0.4 is 10.6 Å². The Labute approximate surface area is 118 Å². The van der Waals surface area contributed by atoms with E-state index in [4.69, 9.17) is 5.11 Å². The van der Waals surface area contributed by atoms with Crippen LogP contribution >= 0.6 is 0 Å². The number of hydrogen-bond acceptors (Lipinski definition) is 3. The molecule has 0 aromatic carbocycles. The van der Waals surface area contributed by atoms with Gasteiger partial charge in [-0.25, -0.2) is 4.79 Å². The summed E-state index contributed by atoms with van der Waals surface area (Å²) in [7, 11) is 1.78. The number of anilines is 1. The van der Waals surface area contributed by atoms with Crippen molar-refractivity contribution < 1.29 is 14.7 Å². The van der Waals surface area contributed by atoms with Crippen LogP contribution in [0.3, 0.4) is 0 Å². The lowest BCUT2D eigenvalue weighted by Gasteiger charge is -2.20. The molecule has 0 saturated carbocycles. The first-order valence-corrected chi connectivity index (χ1v) is 6.65. The minimum absolute atomic E-state index is 0.0383. The van der Waals surface area contributed by atoms with Gasteiger partial charge in [-0.1, -0.05) is 20.8 Å². The highest BCUT2D eigenvalue weighted by Gasteiger charge is 2.20. The number of rotatable bonds is 6. The molecule has 0 spiro atoms. The van der Waals surface area contributed by atoms with Gasteiger partial charge in [0, 0.05) is 19.3 Å². The fraction of sp³-hybridized carbons (Fsp3) is 0.615. The Hall–Kier alpha value is -2.05. The number of carboxylic acid groups (broad SMARTS) is 1. The molecule has 20 heavy (non-hydrogen) atoms. The number of aliphatic carboxylic acids is 1. The van der Waals surface area contributed by atoms with Gasteiger partial charge in [0.2, 0.25) is 0 Å². The summed E-state index contributed by atoms with van der Waals surface area (Å²) in [6, 6.07) is -0.818. The third kappa shape index (κ3) is 4.56. The van der Waals surface area contributed by atoms with Gasteiger partial charge in [-0.05, 0) is 12.3 Å². The van der Waals surface area contributed by atoms with E-state index in [-0.39, 0.29) is 12.3 Å². The standard InChI is InChI=1S/C13H22N4O3/c1-5-9-11(7-17(4)16-9)15-13(20)14-10(8(2)3)6-12(18)19/h7-8,10H,5-6H2,1-4H3,(H,18,19)(H2,14,15,20). The Bertz CT molecular complexity index is 482. The average Bonchev–Trinajstić information content (AvgIpc) is 2.67. The van der Waals surface area contributed by atoms with E-state index in [1.54, 1.807) is 17.9 Å². The summed E-state index contributed by atoms with van der Waals surface area (Å²) in [6.45, 7) is 5.69. The Morgan fingerprint density at radius 3 is 2.60 bits per heavy atom. The summed E-state index contributed by atoms with van der Waals surface area (Å²) in [5, 5.41) is 18.5. The van der Waals surface area contributed by atoms with Gasteiger partial charge in [-0.2, -0.15) is 5.10 Å². The normalized spacial score (nSPS) is 12.2. The van der Waals surface area contributed by atoms with Gasteiger partial charge in [0.25, 0.3) is 0 Å². The van der Waals surface area contributed by atoms with Crippen LogP contribution in [0.1, 0.15) is 32.9 Å². The molecule has 0 aliphatic heterocycles. The number of carboxylic acids is 1. The molecule has 3 N–H and O–H groups in total. The third-order valence-corrected chi connectivity index (χ3v) is 3.00. The molecule has 1 aromatic heterocycles. The summed E-state index contributed by atoms with van der Waals surface area (Å²) in [4.78, 5) is 22.7. The van der Waals surface area contributed by atoms with Crippen LogP contribution in [0.5, 0.6) is 0 Å². The molecule has 0 aliphatic carbocycles. The lowest BCUT2D eigenvalue weighted by molar-refractivity contribution is -0.137. The maximum atomic E-state index is 11.9. The second kappa shape index (κ2) is 6.93. The number of nitrogens with one attached hydrogen (secondary N) is 2. The molecule has 7 heteroatoms. The summed E-state index contributed by atoms with van der Waals surface area (Å²) in [5.41, 5.74) is 1.44. The topological polar surface area (TPSA) is 96.3 Å². The van der Waals surface area contributed by atoms with Crippen molar-refractivity contribution in [2.45, 2.75) is 39.7 Å². The fourth-order valence-corrected chi connectivity index (χ4v) is 1.87. The molecule has 112 valence electrons. The van der Waals surface area contributed by atoms with Crippen molar-refractivity contribution in [3.8, 4) is 0 Å². The fourth-order valence-electron chi connectivity index (χ4n) is 1.87. The van der Waals surface area contributed by atoms with Gasteiger partial charge in [0.15, 0.2) is 0 Å². The van der Waals surface area contributed by atoms with Gasteiger partial charge in [-0.15, -0.1) is 0 Å². The first-order valence-electron chi connectivity index (χ1n) is 6.65. The van der Waals surface area contributed by atoms with Gasteiger partial charge >= 0.3 is 12.0 Å². The molecule has 2 amide bonds. The quantitative estimate of drug-likeness (QED) is 0.738. The molecule has 1 heterocycles. The number of nitrogens with zero attached hydrogens (tertiary/aromatic N) is 2. The minimum atomic E-state index is -0.931. The van der Waals surface area contributed by atoms with Crippen molar-refractivity contribution in [1.29, 1.82) is 0 Å². The van der Waals surface area contributed by atoms with E-state index < -0.39 is 18.0 Å². The Balaban J connectivity index is 2.67. The number of aryl methyl sites for hydroxylation is 2. The number of aromatic nitrogens is 2. The van der Waals surface area contributed by atoms with Crippen LogP contribution in [0.2, 0.25) is 0 Å². The SMILES string of the molecule is CCc1nn(C)cc1NC(=O)NC(CC(=O)O)C(C)C. The molecular weight excluding hydrogens is 260 g/mol. The number of hydrogen-bond donors (Lipinski definition) is 3. The van der Waals surface area contributed by atoms with Gasteiger partial charge in [0.1, 0.15) is 0 Å². The second-order valence-corrected chi connectivity index (χ2v) is 5.06. The van der Waals surface area contributed by atoms with E-state index in [1.807, 2.05) is 20.8 Å². The van der Waals surface area contributed by atoms with Crippen molar-refractivity contribution >= 4 is 17.7 Å². The van der Waals surface area contributed by atoms with Gasteiger partial charge in [-0.3, -0.25) is 9.48 Å². The molecule has 0 saturated heterocycles. The molecule has 1 atom stereocenters. The van der Waals surface area contributed by atoms with E-state index in [1.165, 1.54) is 0 Å². The maximum absolute atomic E-state index is 11.9. The predicted octanol–water partition coefficient (Wildman–Crippen LogP) is 1.60. The lowest BCUT2D eigenvalue weighted by Crippen LogP contribution is -2.42. The summed E-state index contributed by atoms with van der Waals surface area (Å²) in [5.74, 6) is -0.893. The molecular formula is C13H22N4O3. The molecule has 1 aromatic rings. The molecule has 0 aliphatic rings. The zero-order chi connectivity index (χ0) is 15.3. The zero-order valence-electron chi connectivity index (χ0n) is 12.3. The Morgan fingerprint density at radius 2 is 2.10 bits per heavy atom.